The molecule has 1 saturated heterocycles. The maximum absolute atomic E-state index is 13.2. The Morgan fingerprint density at radius 3 is 2.41 bits per heavy atom. The molecule has 1 aliphatic heterocycles. The Balaban J connectivity index is 1.98. The first kappa shape index (κ1) is 19.0. The third-order valence-electron chi connectivity index (χ3n) is 4.80. The van der Waals surface area contributed by atoms with Crippen LogP contribution in [0.3, 0.4) is 0 Å². The summed E-state index contributed by atoms with van der Waals surface area (Å²) >= 11 is 0. The summed E-state index contributed by atoms with van der Waals surface area (Å²) in [6, 6.07) is 15.4. The van der Waals surface area contributed by atoms with Gasteiger partial charge >= 0.3 is 0 Å². The van der Waals surface area contributed by atoms with E-state index in [1.807, 2.05) is 59.5 Å². The highest BCUT2D eigenvalue weighted by molar-refractivity contribution is 6.24. The van der Waals surface area contributed by atoms with Crippen LogP contribution in [0, 0.1) is 0 Å². The Kier molecular flexibility index (Phi) is 6.14. The molecule has 0 N–H and O–H groups in total. The summed E-state index contributed by atoms with van der Waals surface area (Å²) in [4.78, 5) is 15.1. The van der Waals surface area contributed by atoms with Crippen LogP contribution in [0.4, 0.5) is 0 Å². The molecule has 0 saturated carbocycles. The van der Waals surface area contributed by atoms with Crippen LogP contribution < -0.4 is 9.47 Å². The lowest BCUT2D eigenvalue weighted by atomic mass is 10.0. The first-order chi connectivity index (χ1) is 13.2. The lowest BCUT2D eigenvalue weighted by Gasteiger charge is -2.19. The van der Waals surface area contributed by atoms with Crippen LogP contribution in [-0.4, -0.2) is 51.3 Å². The highest BCUT2D eigenvalue weighted by atomic mass is 16.5. The van der Waals surface area contributed by atoms with Crippen LogP contribution in [0.25, 0.3) is 11.6 Å². The zero-order valence-corrected chi connectivity index (χ0v) is 16.0. The van der Waals surface area contributed by atoms with Crippen LogP contribution in [0.5, 0.6) is 11.5 Å². The van der Waals surface area contributed by atoms with Crippen molar-refractivity contribution in [3.05, 3.63) is 59.7 Å². The zero-order chi connectivity index (χ0) is 19.2. The second-order valence-corrected chi connectivity index (χ2v) is 6.44. The molecule has 1 heterocycles. The van der Waals surface area contributed by atoms with Crippen LogP contribution in [0.15, 0.2) is 48.5 Å². The third kappa shape index (κ3) is 4.31. The molecule has 0 radical (unpaired) electrons. The number of carbonyl (C=O) groups excluding carboxylic acids is 1. The molecular formula is C22H25NO4. The number of likely N-dealkylation sites (tertiary alicyclic amines) is 1. The molecule has 1 fully saturated rings. The molecule has 2 aromatic carbocycles. The normalized spacial score (nSPS) is 17.1. The van der Waals surface area contributed by atoms with Gasteiger partial charge < -0.3 is 19.1 Å². The lowest BCUT2D eigenvalue weighted by molar-refractivity contribution is -0.124. The highest BCUT2D eigenvalue weighted by Crippen LogP contribution is 2.30. The number of rotatable bonds is 6. The van der Waals surface area contributed by atoms with E-state index in [0.717, 1.165) is 17.5 Å². The SMILES string of the molecule is COc1ccc(/C=C(/C(=O)N2CCC(OC)C2)c2ccccc2)cc1OC. The van der Waals surface area contributed by atoms with Crippen molar-refractivity contribution < 1.29 is 19.0 Å². The Morgan fingerprint density at radius 1 is 1.04 bits per heavy atom. The Morgan fingerprint density at radius 2 is 1.78 bits per heavy atom. The summed E-state index contributed by atoms with van der Waals surface area (Å²) in [7, 11) is 4.89. The maximum atomic E-state index is 13.2. The fourth-order valence-corrected chi connectivity index (χ4v) is 3.27. The predicted molar refractivity (Wildman–Crippen MR) is 106 cm³/mol. The van der Waals surface area contributed by atoms with Gasteiger partial charge in [-0.15, -0.1) is 0 Å². The smallest absolute Gasteiger partial charge is 0.254 e. The molecule has 1 amide bonds. The van der Waals surface area contributed by atoms with Crippen LogP contribution >= 0.6 is 0 Å². The quantitative estimate of drug-likeness (QED) is 0.579. The summed E-state index contributed by atoms with van der Waals surface area (Å²) in [6.45, 7) is 1.32. The van der Waals surface area contributed by atoms with Gasteiger partial charge in [-0.2, -0.15) is 0 Å². The summed E-state index contributed by atoms with van der Waals surface area (Å²) in [6.07, 6.45) is 2.87. The Bertz CT molecular complexity index is 816. The minimum Gasteiger partial charge on any atom is -0.493 e. The van der Waals surface area contributed by atoms with Crippen LogP contribution in [-0.2, 0) is 9.53 Å². The van der Waals surface area contributed by atoms with Gasteiger partial charge in [-0.25, -0.2) is 0 Å². The van der Waals surface area contributed by atoms with E-state index in [4.69, 9.17) is 14.2 Å². The molecule has 5 nitrogen and oxygen atoms in total. The van der Waals surface area contributed by atoms with E-state index in [2.05, 4.69) is 0 Å². The molecule has 2 aromatic rings. The summed E-state index contributed by atoms with van der Waals surface area (Å²) in [5, 5.41) is 0. The molecule has 0 aromatic heterocycles. The number of ether oxygens (including phenoxy) is 3. The fourth-order valence-electron chi connectivity index (χ4n) is 3.27. The van der Waals surface area contributed by atoms with Crippen molar-refractivity contribution >= 4 is 17.6 Å². The Labute approximate surface area is 160 Å². The predicted octanol–water partition coefficient (Wildman–Crippen LogP) is 3.49. The molecule has 1 unspecified atom stereocenters. The molecule has 1 aliphatic rings. The second-order valence-electron chi connectivity index (χ2n) is 6.44. The number of amides is 1. The van der Waals surface area contributed by atoms with E-state index >= 15 is 0 Å². The van der Waals surface area contributed by atoms with Gasteiger partial charge in [-0.3, -0.25) is 4.79 Å². The van der Waals surface area contributed by atoms with E-state index < -0.39 is 0 Å². The van der Waals surface area contributed by atoms with Crippen molar-refractivity contribution in [1.29, 1.82) is 0 Å². The molecule has 0 bridgehead atoms. The molecule has 27 heavy (non-hydrogen) atoms. The van der Waals surface area contributed by atoms with Crippen molar-refractivity contribution in [3.8, 4) is 11.5 Å². The molecule has 5 heteroatoms. The van der Waals surface area contributed by atoms with Gasteiger partial charge in [-0.1, -0.05) is 36.4 Å². The number of hydrogen-bond donors (Lipinski definition) is 0. The highest BCUT2D eigenvalue weighted by Gasteiger charge is 2.28. The molecule has 3 rings (SSSR count). The van der Waals surface area contributed by atoms with E-state index in [-0.39, 0.29) is 12.0 Å². The van der Waals surface area contributed by atoms with Gasteiger partial charge in [0.05, 0.1) is 20.3 Å². The van der Waals surface area contributed by atoms with Crippen LogP contribution in [0.2, 0.25) is 0 Å². The van der Waals surface area contributed by atoms with Crippen molar-refractivity contribution in [3.63, 3.8) is 0 Å². The van der Waals surface area contributed by atoms with Crippen molar-refractivity contribution in [2.45, 2.75) is 12.5 Å². The second kappa shape index (κ2) is 8.73. The summed E-state index contributed by atoms with van der Waals surface area (Å²) in [5.74, 6) is 1.30. The number of nitrogens with zero attached hydrogens (tertiary/aromatic N) is 1. The summed E-state index contributed by atoms with van der Waals surface area (Å²) in [5.41, 5.74) is 2.42. The topological polar surface area (TPSA) is 48.0 Å². The molecule has 1 atom stereocenters. The van der Waals surface area contributed by atoms with Crippen LogP contribution in [0.1, 0.15) is 17.5 Å². The fraction of sp³-hybridized carbons (Fsp3) is 0.318. The standard InChI is InChI=1S/C22H25NO4/c1-25-18-11-12-23(15-18)22(24)19(17-7-5-4-6-8-17)13-16-9-10-20(26-2)21(14-16)27-3/h4-10,13-14,18H,11-12,15H2,1-3H3/b19-13+. The first-order valence-corrected chi connectivity index (χ1v) is 8.97. The van der Waals surface area contributed by atoms with Gasteiger partial charge in [0.2, 0.25) is 0 Å². The average Bonchev–Trinajstić information content (AvgIpc) is 3.21. The van der Waals surface area contributed by atoms with Gasteiger partial charge in [0.1, 0.15) is 0 Å². The minimum atomic E-state index is 0.00975. The molecular weight excluding hydrogens is 342 g/mol. The Hall–Kier alpha value is -2.79. The van der Waals surface area contributed by atoms with E-state index in [1.54, 1.807) is 21.3 Å². The molecule has 0 aliphatic carbocycles. The van der Waals surface area contributed by atoms with Crippen molar-refractivity contribution in [2.75, 3.05) is 34.4 Å². The monoisotopic (exact) mass is 367 g/mol. The van der Waals surface area contributed by atoms with E-state index in [9.17, 15) is 4.79 Å². The third-order valence-corrected chi connectivity index (χ3v) is 4.80. The maximum Gasteiger partial charge on any atom is 0.254 e. The van der Waals surface area contributed by atoms with Gasteiger partial charge in [0.15, 0.2) is 11.5 Å². The van der Waals surface area contributed by atoms with Crippen molar-refractivity contribution in [2.24, 2.45) is 0 Å². The molecule has 142 valence electrons. The molecule has 0 spiro atoms. The first-order valence-electron chi connectivity index (χ1n) is 8.97. The van der Waals surface area contributed by atoms with E-state index in [1.165, 1.54) is 0 Å². The van der Waals surface area contributed by atoms with E-state index in [0.29, 0.717) is 30.2 Å². The number of hydrogen-bond acceptors (Lipinski definition) is 4. The number of carbonyl (C=O) groups is 1. The van der Waals surface area contributed by atoms with Gasteiger partial charge in [-0.05, 0) is 35.8 Å². The lowest BCUT2D eigenvalue weighted by Crippen LogP contribution is -2.30. The van der Waals surface area contributed by atoms with Crippen molar-refractivity contribution in [1.82, 2.24) is 4.90 Å². The number of methoxy groups -OCH3 is 3. The van der Waals surface area contributed by atoms with Gasteiger partial charge in [0.25, 0.3) is 5.91 Å². The largest absolute Gasteiger partial charge is 0.493 e. The number of benzene rings is 2. The minimum absolute atomic E-state index is 0.00975. The van der Waals surface area contributed by atoms with Gasteiger partial charge in [0, 0.05) is 25.8 Å². The average molecular weight is 367 g/mol. The zero-order valence-electron chi connectivity index (χ0n) is 16.0. The summed E-state index contributed by atoms with van der Waals surface area (Å²) < 4.78 is 16.1.